The van der Waals surface area contributed by atoms with Crippen molar-refractivity contribution in [2.75, 3.05) is 19.2 Å². The second-order valence-corrected chi connectivity index (χ2v) is 15.0. The Morgan fingerprint density at radius 3 is 2.83 bits per heavy atom. The van der Waals surface area contributed by atoms with Crippen LogP contribution in [0.25, 0.3) is 0 Å². The topological polar surface area (TPSA) is 18.5 Å². The summed E-state index contributed by atoms with van der Waals surface area (Å²) in [6, 6.07) is 1.19. The maximum absolute atomic E-state index is 6.03. The molecule has 134 valence electrons. The number of ether oxygens (including phenoxy) is 2. The van der Waals surface area contributed by atoms with Crippen LogP contribution in [0.2, 0.25) is 25.7 Å². The summed E-state index contributed by atoms with van der Waals surface area (Å²) in [5.74, 6) is 1.24. The Morgan fingerprint density at radius 2 is 2.22 bits per heavy atom. The van der Waals surface area contributed by atoms with Crippen LogP contribution < -0.4 is 0 Å². The average Bonchev–Trinajstić information content (AvgIpc) is 2.47. The van der Waals surface area contributed by atoms with Crippen LogP contribution >= 0.6 is 24.4 Å². The largest absolute Gasteiger partial charge is 0.356 e. The lowest BCUT2D eigenvalue weighted by molar-refractivity contribution is -0.0872. The summed E-state index contributed by atoms with van der Waals surface area (Å²) in [6.07, 6.45) is 9.88. The van der Waals surface area contributed by atoms with Crippen LogP contribution in [0.15, 0.2) is 23.6 Å². The summed E-state index contributed by atoms with van der Waals surface area (Å²) >= 11 is 6.64. The van der Waals surface area contributed by atoms with Crippen molar-refractivity contribution in [2.45, 2.75) is 69.1 Å². The van der Waals surface area contributed by atoms with Crippen molar-refractivity contribution in [3.05, 3.63) is 23.6 Å². The SMILES string of the molecule is C=CC[C@@H](S)C[C@@H](CC1=CCCCS1)OCOCC[Si](C)(C)C. The zero-order valence-electron chi connectivity index (χ0n) is 15.1. The molecule has 0 aromatic heterocycles. The molecule has 0 N–H and O–H groups in total. The second-order valence-electron chi connectivity index (χ2n) is 7.40. The van der Waals surface area contributed by atoms with Gasteiger partial charge in [0.15, 0.2) is 0 Å². The summed E-state index contributed by atoms with van der Waals surface area (Å²) in [5.41, 5.74) is 0. The molecular weight excluding hydrogens is 340 g/mol. The van der Waals surface area contributed by atoms with E-state index in [1.165, 1.54) is 29.5 Å². The van der Waals surface area contributed by atoms with Crippen LogP contribution in [-0.2, 0) is 9.47 Å². The molecule has 0 saturated heterocycles. The second kappa shape index (κ2) is 11.8. The third kappa shape index (κ3) is 11.5. The van der Waals surface area contributed by atoms with E-state index in [0.717, 1.165) is 25.9 Å². The summed E-state index contributed by atoms with van der Waals surface area (Å²) < 4.78 is 11.7. The Morgan fingerprint density at radius 1 is 1.43 bits per heavy atom. The van der Waals surface area contributed by atoms with Gasteiger partial charge in [-0.3, -0.25) is 0 Å². The quantitative estimate of drug-likeness (QED) is 0.154. The summed E-state index contributed by atoms with van der Waals surface area (Å²) in [6.45, 7) is 12.1. The van der Waals surface area contributed by atoms with E-state index in [0.29, 0.717) is 12.0 Å². The van der Waals surface area contributed by atoms with E-state index < -0.39 is 8.07 Å². The number of thiol groups is 1. The number of hydrogen-bond donors (Lipinski definition) is 1. The first-order valence-electron chi connectivity index (χ1n) is 8.71. The van der Waals surface area contributed by atoms with Gasteiger partial charge in [-0.15, -0.1) is 18.3 Å². The average molecular weight is 375 g/mol. The third-order valence-corrected chi connectivity index (χ3v) is 7.12. The minimum Gasteiger partial charge on any atom is -0.356 e. The van der Waals surface area contributed by atoms with Gasteiger partial charge >= 0.3 is 0 Å². The van der Waals surface area contributed by atoms with Crippen molar-refractivity contribution in [3.8, 4) is 0 Å². The first-order valence-corrected chi connectivity index (χ1v) is 13.9. The Kier molecular flexibility index (Phi) is 11.0. The fourth-order valence-corrected chi connectivity index (χ4v) is 4.61. The van der Waals surface area contributed by atoms with Gasteiger partial charge in [-0.1, -0.05) is 31.8 Å². The van der Waals surface area contributed by atoms with Crippen LogP contribution in [0.4, 0.5) is 0 Å². The minimum absolute atomic E-state index is 0.196. The predicted octanol–water partition coefficient (Wildman–Crippen LogP) is 5.75. The fraction of sp³-hybridized carbons (Fsp3) is 0.778. The van der Waals surface area contributed by atoms with Crippen LogP contribution in [0, 0.1) is 0 Å². The molecular formula is C18H34O2S2Si. The van der Waals surface area contributed by atoms with Gasteiger partial charge in [-0.05, 0) is 42.4 Å². The van der Waals surface area contributed by atoms with Gasteiger partial charge < -0.3 is 9.47 Å². The maximum atomic E-state index is 6.03. The van der Waals surface area contributed by atoms with Gasteiger partial charge in [0.2, 0.25) is 0 Å². The highest BCUT2D eigenvalue weighted by Gasteiger charge is 2.18. The summed E-state index contributed by atoms with van der Waals surface area (Å²) in [5, 5.41) is 0.314. The molecule has 1 aliphatic rings. The van der Waals surface area contributed by atoms with Crippen molar-refractivity contribution >= 4 is 32.5 Å². The van der Waals surface area contributed by atoms with Crippen molar-refractivity contribution in [2.24, 2.45) is 0 Å². The smallest absolute Gasteiger partial charge is 0.147 e. The third-order valence-electron chi connectivity index (χ3n) is 3.79. The molecule has 0 aromatic carbocycles. The molecule has 0 spiro atoms. The van der Waals surface area contributed by atoms with E-state index >= 15 is 0 Å². The molecule has 0 aromatic rings. The standard InChI is InChI=1S/C18H34O2S2Si/c1-5-8-17(21)13-16(14-18-9-6-7-11-22-18)20-15-19-10-12-23(2,3)4/h5,9,16-17,21H,1,6-8,10-15H2,2-4H3/t16-,17+/m0/s1. The van der Waals surface area contributed by atoms with Crippen LogP contribution in [0.3, 0.4) is 0 Å². The van der Waals surface area contributed by atoms with Gasteiger partial charge in [0.1, 0.15) is 6.79 Å². The van der Waals surface area contributed by atoms with Gasteiger partial charge in [0.05, 0.1) is 6.10 Å². The van der Waals surface area contributed by atoms with E-state index in [9.17, 15) is 0 Å². The number of thioether (sulfide) groups is 1. The number of hydrogen-bond acceptors (Lipinski definition) is 4. The molecule has 23 heavy (non-hydrogen) atoms. The van der Waals surface area contributed by atoms with Crippen LogP contribution in [0.5, 0.6) is 0 Å². The molecule has 2 nitrogen and oxygen atoms in total. The molecule has 0 unspecified atom stereocenters. The van der Waals surface area contributed by atoms with E-state index in [1.54, 1.807) is 0 Å². The van der Waals surface area contributed by atoms with Crippen LogP contribution in [-0.4, -0.2) is 38.6 Å². The molecule has 1 aliphatic heterocycles. The summed E-state index contributed by atoms with van der Waals surface area (Å²) in [7, 11) is -1.02. The van der Waals surface area contributed by atoms with Crippen LogP contribution in [0.1, 0.15) is 32.1 Å². The highest BCUT2D eigenvalue weighted by Crippen LogP contribution is 2.30. The molecule has 0 radical (unpaired) electrons. The lowest BCUT2D eigenvalue weighted by atomic mass is 10.1. The van der Waals surface area contributed by atoms with Gasteiger partial charge in [-0.25, -0.2) is 0 Å². The van der Waals surface area contributed by atoms with Gasteiger partial charge in [0, 0.05) is 26.4 Å². The normalized spacial score (nSPS) is 18.3. The highest BCUT2D eigenvalue weighted by molar-refractivity contribution is 8.03. The Bertz CT molecular complexity index is 367. The van der Waals surface area contributed by atoms with Crippen molar-refractivity contribution in [1.82, 2.24) is 0 Å². The van der Waals surface area contributed by atoms with E-state index in [1.807, 2.05) is 17.8 Å². The molecule has 2 atom stereocenters. The first kappa shape index (κ1) is 21.4. The Balaban J connectivity index is 2.37. The fourth-order valence-electron chi connectivity index (χ4n) is 2.36. The predicted molar refractivity (Wildman–Crippen MR) is 110 cm³/mol. The molecule has 0 saturated carbocycles. The number of allylic oxidation sites excluding steroid dienone is 2. The molecule has 0 amide bonds. The Hall–Kier alpha value is 0.317. The van der Waals surface area contributed by atoms with Gasteiger partial charge in [-0.2, -0.15) is 12.6 Å². The minimum atomic E-state index is -1.02. The highest BCUT2D eigenvalue weighted by atomic mass is 32.2. The lowest BCUT2D eigenvalue weighted by Crippen LogP contribution is -2.24. The van der Waals surface area contributed by atoms with E-state index in [-0.39, 0.29) is 6.10 Å². The molecule has 5 heteroatoms. The molecule has 0 aliphatic carbocycles. The maximum Gasteiger partial charge on any atom is 0.147 e. The molecule has 0 bridgehead atoms. The van der Waals surface area contributed by atoms with Crippen molar-refractivity contribution in [3.63, 3.8) is 0 Å². The van der Waals surface area contributed by atoms with E-state index in [2.05, 4.69) is 44.9 Å². The number of rotatable bonds is 12. The lowest BCUT2D eigenvalue weighted by Gasteiger charge is -2.23. The zero-order valence-corrected chi connectivity index (χ0v) is 17.8. The van der Waals surface area contributed by atoms with E-state index in [4.69, 9.17) is 9.47 Å². The molecule has 1 heterocycles. The zero-order chi connectivity index (χ0) is 17.1. The summed E-state index contributed by atoms with van der Waals surface area (Å²) in [4.78, 5) is 1.47. The van der Waals surface area contributed by atoms with Crippen molar-refractivity contribution in [1.29, 1.82) is 0 Å². The molecule has 1 rings (SSSR count). The first-order chi connectivity index (χ1) is 10.9. The Labute approximate surface area is 153 Å². The monoisotopic (exact) mass is 374 g/mol. The van der Waals surface area contributed by atoms with Gasteiger partial charge in [0.25, 0.3) is 0 Å². The molecule has 0 fully saturated rings. The van der Waals surface area contributed by atoms with Crippen molar-refractivity contribution < 1.29 is 9.47 Å².